The summed E-state index contributed by atoms with van der Waals surface area (Å²) in [6.07, 6.45) is -0.729. The molecule has 96 valence electrons. The Bertz CT molecular complexity index is 489. The topological polar surface area (TPSA) is 90.7 Å². The van der Waals surface area contributed by atoms with Crippen LogP contribution in [0.15, 0.2) is 18.2 Å². The summed E-state index contributed by atoms with van der Waals surface area (Å²) in [5.41, 5.74) is 0.892. The average molecular weight is 250 g/mol. The summed E-state index contributed by atoms with van der Waals surface area (Å²) in [6, 6.07) is 4.01. The van der Waals surface area contributed by atoms with E-state index in [0.29, 0.717) is 5.69 Å². The summed E-state index contributed by atoms with van der Waals surface area (Å²) in [6.45, 7) is 1.79. The average Bonchev–Trinajstić information content (AvgIpc) is 2.70. The number of likely N-dealkylation sites (tertiary alicyclic amines) is 1. The van der Waals surface area contributed by atoms with Gasteiger partial charge in [0.15, 0.2) is 0 Å². The number of aliphatic hydroxyl groups is 1. The maximum atomic E-state index is 12.1. The van der Waals surface area contributed by atoms with E-state index in [4.69, 9.17) is 5.11 Å². The van der Waals surface area contributed by atoms with Gasteiger partial charge in [-0.05, 0) is 19.1 Å². The summed E-state index contributed by atoms with van der Waals surface area (Å²) in [7, 11) is 0. The smallest absolute Gasteiger partial charge is 0.326 e. The molecule has 6 nitrogen and oxygen atoms in total. The van der Waals surface area contributed by atoms with Crippen LogP contribution in [0.25, 0.3) is 0 Å². The van der Waals surface area contributed by atoms with Crippen molar-refractivity contribution in [3.05, 3.63) is 29.6 Å². The SMILES string of the molecule is Cc1cccc(C(=O)N2CC(O)CC2C(=O)O)n1. The van der Waals surface area contributed by atoms with Gasteiger partial charge in [-0.2, -0.15) is 0 Å². The van der Waals surface area contributed by atoms with E-state index in [2.05, 4.69) is 4.98 Å². The van der Waals surface area contributed by atoms with Crippen LogP contribution in [0.2, 0.25) is 0 Å². The maximum absolute atomic E-state index is 12.1. The monoisotopic (exact) mass is 250 g/mol. The van der Waals surface area contributed by atoms with Crippen molar-refractivity contribution in [2.45, 2.75) is 25.5 Å². The Kier molecular flexibility index (Phi) is 3.29. The first-order valence-corrected chi connectivity index (χ1v) is 5.64. The number of carboxylic acid groups (broad SMARTS) is 1. The second kappa shape index (κ2) is 4.73. The molecular formula is C12H14N2O4. The number of β-amino-alcohol motifs (C(OH)–C–C–N with tert-alkyl or cyclic N) is 1. The van der Waals surface area contributed by atoms with Gasteiger partial charge in [0.1, 0.15) is 11.7 Å². The van der Waals surface area contributed by atoms with Gasteiger partial charge in [-0.3, -0.25) is 4.79 Å². The van der Waals surface area contributed by atoms with Gasteiger partial charge in [-0.25, -0.2) is 9.78 Å². The lowest BCUT2D eigenvalue weighted by Crippen LogP contribution is -2.41. The van der Waals surface area contributed by atoms with Crippen molar-refractivity contribution >= 4 is 11.9 Å². The van der Waals surface area contributed by atoms with Crippen LogP contribution in [-0.4, -0.2) is 50.7 Å². The third kappa shape index (κ3) is 2.33. The third-order valence-corrected chi connectivity index (χ3v) is 2.93. The van der Waals surface area contributed by atoms with Crippen LogP contribution in [0.5, 0.6) is 0 Å². The lowest BCUT2D eigenvalue weighted by molar-refractivity contribution is -0.141. The number of rotatable bonds is 2. The minimum atomic E-state index is -1.10. The first-order valence-electron chi connectivity index (χ1n) is 5.64. The molecule has 1 aromatic rings. The Balaban J connectivity index is 2.25. The Labute approximate surface area is 104 Å². The normalized spacial score (nSPS) is 23.1. The number of carbonyl (C=O) groups excluding carboxylic acids is 1. The summed E-state index contributed by atoms with van der Waals surface area (Å²) in [5.74, 6) is -1.56. The lowest BCUT2D eigenvalue weighted by Gasteiger charge is -2.20. The number of pyridine rings is 1. The molecule has 1 aliphatic rings. The molecule has 0 saturated carbocycles. The number of amides is 1. The fourth-order valence-corrected chi connectivity index (χ4v) is 2.08. The largest absolute Gasteiger partial charge is 0.480 e. The highest BCUT2D eigenvalue weighted by molar-refractivity contribution is 5.95. The summed E-state index contributed by atoms with van der Waals surface area (Å²) < 4.78 is 0. The van der Waals surface area contributed by atoms with Crippen LogP contribution in [0.3, 0.4) is 0 Å². The van der Waals surface area contributed by atoms with Crippen molar-refractivity contribution in [2.75, 3.05) is 6.54 Å². The number of hydrogen-bond acceptors (Lipinski definition) is 4. The van der Waals surface area contributed by atoms with Crippen LogP contribution < -0.4 is 0 Å². The number of nitrogens with zero attached hydrogens (tertiary/aromatic N) is 2. The van der Waals surface area contributed by atoms with Gasteiger partial charge in [0.05, 0.1) is 6.10 Å². The number of aromatic nitrogens is 1. The van der Waals surface area contributed by atoms with Gasteiger partial charge in [0, 0.05) is 18.7 Å². The molecule has 0 bridgehead atoms. The van der Waals surface area contributed by atoms with Crippen LogP contribution in [0, 0.1) is 6.92 Å². The minimum absolute atomic E-state index is 0.0332. The van der Waals surface area contributed by atoms with Gasteiger partial charge in [-0.1, -0.05) is 6.07 Å². The number of carbonyl (C=O) groups is 2. The second-order valence-corrected chi connectivity index (χ2v) is 4.37. The maximum Gasteiger partial charge on any atom is 0.326 e. The Morgan fingerprint density at radius 2 is 2.17 bits per heavy atom. The van der Waals surface area contributed by atoms with Crippen LogP contribution in [-0.2, 0) is 4.79 Å². The molecule has 0 radical (unpaired) electrons. The van der Waals surface area contributed by atoms with Crippen molar-refractivity contribution in [3.63, 3.8) is 0 Å². The van der Waals surface area contributed by atoms with Gasteiger partial charge < -0.3 is 15.1 Å². The summed E-state index contributed by atoms with van der Waals surface area (Å²) >= 11 is 0. The van der Waals surface area contributed by atoms with Crippen molar-refractivity contribution in [1.82, 2.24) is 9.88 Å². The van der Waals surface area contributed by atoms with Gasteiger partial charge in [0.25, 0.3) is 5.91 Å². The molecule has 0 aliphatic carbocycles. The number of hydrogen-bond donors (Lipinski definition) is 2. The molecule has 1 amide bonds. The Morgan fingerprint density at radius 3 is 2.78 bits per heavy atom. The predicted molar refractivity (Wildman–Crippen MR) is 62.1 cm³/mol. The van der Waals surface area contributed by atoms with E-state index in [1.165, 1.54) is 0 Å². The van der Waals surface area contributed by atoms with Crippen molar-refractivity contribution in [3.8, 4) is 0 Å². The Hall–Kier alpha value is -1.95. The molecule has 0 spiro atoms. The van der Waals surface area contributed by atoms with Crippen LogP contribution in [0.1, 0.15) is 22.6 Å². The zero-order valence-corrected chi connectivity index (χ0v) is 9.91. The molecule has 2 atom stereocenters. The molecular weight excluding hydrogens is 236 g/mol. The quantitative estimate of drug-likeness (QED) is 0.774. The van der Waals surface area contributed by atoms with Crippen molar-refractivity contribution in [2.24, 2.45) is 0 Å². The molecule has 0 aromatic carbocycles. The van der Waals surface area contributed by atoms with Crippen LogP contribution in [0.4, 0.5) is 0 Å². The molecule has 2 N–H and O–H groups in total. The van der Waals surface area contributed by atoms with Crippen molar-refractivity contribution < 1.29 is 19.8 Å². The summed E-state index contributed by atoms with van der Waals surface area (Å²) in [5, 5.41) is 18.5. The summed E-state index contributed by atoms with van der Waals surface area (Å²) in [4.78, 5) is 28.4. The van der Waals surface area contributed by atoms with E-state index in [-0.39, 0.29) is 18.7 Å². The standard InChI is InChI=1S/C12H14N2O4/c1-7-3-2-4-9(13-7)11(16)14-6-8(15)5-10(14)12(17)18/h2-4,8,10,15H,5-6H2,1H3,(H,17,18). The number of aryl methyl sites for hydroxylation is 1. The van der Waals surface area contributed by atoms with E-state index in [0.717, 1.165) is 4.90 Å². The molecule has 1 aromatic heterocycles. The predicted octanol–water partition coefficient (Wildman–Crippen LogP) is 0.0500. The van der Waals surface area contributed by atoms with Gasteiger partial charge >= 0.3 is 5.97 Å². The van der Waals surface area contributed by atoms with E-state index in [1.54, 1.807) is 25.1 Å². The zero-order chi connectivity index (χ0) is 13.3. The molecule has 6 heteroatoms. The molecule has 2 unspecified atom stereocenters. The number of aliphatic hydroxyl groups excluding tert-OH is 1. The highest BCUT2D eigenvalue weighted by Crippen LogP contribution is 2.20. The van der Waals surface area contributed by atoms with Gasteiger partial charge in [0.2, 0.25) is 0 Å². The molecule has 2 heterocycles. The zero-order valence-electron chi connectivity index (χ0n) is 9.91. The highest BCUT2D eigenvalue weighted by atomic mass is 16.4. The molecule has 18 heavy (non-hydrogen) atoms. The van der Waals surface area contributed by atoms with E-state index < -0.39 is 24.0 Å². The second-order valence-electron chi connectivity index (χ2n) is 4.37. The fourth-order valence-electron chi connectivity index (χ4n) is 2.08. The molecule has 1 saturated heterocycles. The lowest BCUT2D eigenvalue weighted by atomic mass is 10.2. The molecule has 1 aliphatic heterocycles. The number of aliphatic carboxylic acids is 1. The first kappa shape index (κ1) is 12.5. The molecule has 1 fully saturated rings. The van der Waals surface area contributed by atoms with E-state index in [1.807, 2.05) is 0 Å². The minimum Gasteiger partial charge on any atom is -0.480 e. The molecule has 2 rings (SSSR count). The van der Waals surface area contributed by atoms with Gasteiger partial charge in [-0.15, -0.1) is 0 Å². The fraction of sp³-hybridized carbons (Fsp3) is 0.417. The number of carboxylic acids is 1. The van der Waals surface area contributed by atoms with E-state index >= 15 is 0 Å². The van der Waals surface area contributed by atoms with Crippen LogP contribution >= 0.6 is 0 Å². The highest BCUT2D eigenvalue weighted by Gasteiger charge is 2.39. The van der Waals surface area contributed by atoms with Crippen molar-refractivity contribution in [1.29, 1.82) is 0 Å². The Morgan fingerprint density at radius 1 is 1.44 bits per heavy atom. The third-order valence-electron chi connectivity index (χ3n) is 2.93. The van der Waals surface area contributed by atoms with E-state index in [9.17, 15) is 14.7 Å². The first-order chi connectivity index (χ1) is 8.49.